The molecular weight excluding hydrogens is 238 g/mol. The summed E-state index contributed by atoms with van der Waals surface area (Å²) >= 11 is 0. The van der Waals surface area contributed by atoms with E-state index < -0.39 is 10.0 Å². The van der Waals surface area contributed by atoms with Crippen LogP contribution in [0.2, 0.25) is 0 Å². The van der Waals surface area contributed by atoms with Gasteiger partial charge in [0.05, 0.1) is 5.75 Å². The van der Waals surface area contributed by atoms with Crippen molar-refractivity contribution in [1.29, 1.82) is 0 Å². The number of nitrogens with one attached hydrogen (secondary N) is 2. The molecule has 0 bridgehead atoms. The SMILES string of the molecule is CNCCCS(=O)(=O)NC1CCN(C)C(C)C1. The molecule has 1 aliphatic heterocycles. The lowest BCUT2D eigenvalue weighted by molar-refractivity contribution is 0.178. The highest BCUT2D eigenvalue weighted by Gasteiger charge is 2.25. The van der Waals surface area contributed by atoms with Crippen molar-refractivity contribution in [3.8, 4) is 0 Å². The molecule has 0 aliphatic carbocycles. The number of hydrogen-bond donors (Lipinski definition) is 2. The molecule has 0 aromatic heterocycles. The molecule has 5 nitrogen and oxygen atoms in total. The van der Waals surface area contributed by atoms with Crippen molar-refractivity contribution < 1.29 is 8.42 Å². The van der Waals surface area contributed by atoms with E-state index in [0.29, 0.717) is 12.5 Å². The van der Waals surface area contributed by atoms with Gasteiger partial charge in [-0.3, -0.25) is 0 Å². The first-order valence-corrected chi connectivity index (χ1v) is 7.94. The lowest BCUT2D eigenvalue weighted by Crippen LogP contribution is -2.47. The molecule has 0 aromatic rings. The van der Waals surface area contributed by atoms with Gasteiger partial charge in [0.1, 0.15) is 0 Å². The molecule has 1 saturated heterocycles. The third-order valence-corrected chi connectivity index (χ3v) is 4.91. The van der Waals surface area contributed by atoms with Crippen LogP contribution in [0.1, 0.15) is 26.2 Å². The van der Waals surface area contributed by atoms with Crippen LogP contribution in [0.25, 0.3) is 0 Å². The molecule has 2 unspecified atom stereocenters. The van der Waals surface area contributed by atoms with Crippen LogP contribution in [0.15, 0.2) is 0 Å². The third kappa shape index (κ3) is 5.33. The Morgan fingerprint density at radius 1 is 1.41 bits per heavy atom. The first-order valence-electron chi connectivity index (χ1n) is 6.29. The van der Waals surface area contributed by atoms with Crippen LogP contribution >= 0.6 is 0 Å². The van der Waals surface area contributed by atoms with Crippen LogP contribution in [-0.2, 0) is 10.0 Å². The maximum absolute atomic E-state index is 11.8. The minimum atomic E-state index is -3.10. The summed E-state index contributed by atoms with van der Waals surface area (Å²) in [6.07, 6.45) is 2.47. The standard InChI is InChI=1S/C11H25N3O2S/c1-10-9-11(5-7-14(10)3)13-17(15,16)8-4-6-12-2/h10-13H,4-9H2,1-3H3. The van der Waals surface area contributed by atoms with Gasteiger partial charge in [0.2, 0.25) is 10.0 Å². The zero-order valence-corrected chi connectivity index (χ0v) is 11.9. The van der Waals surface area contributed by atoms with Gasteiger partial charge in [0.25, 0.3) is 0 Å². The van der Waals surface area contributed by atoms with Gasteiger partial charge in [0, 0.05) is 12.1 Å². The molecule has 0 spiro atoms. The fraction of sp³-hybridized carbons (Fsp3) is 1.00. The summed E-state index contributed by atoms with van der Waals surface area (Å²) in [5.74, 6) is 0.217. The average molecular weight is 263 g/mol. The Labute approximate surface area is 105 Å². The van der Waals surface area contributed by atoms with Crippen LogP contribution < -0.4 is 10.0 Å². The smallest absolute Gasteiger partial charge is 0.211 e. The molecule has 1 rings (SSSR count). The minimum absolute atomic E-state index is 0.112. The largest absolute Gasteiger partial charge is 0.320 e. The summed E-state index contributed by atoms with van der Waals surface area (Å²) in [7, 11) is 0.815. The van der Waals surface area contributed by atoms with Gasteiger partial charge in [-0.1, -0.05) is 0 Å². The van der Waals surface area contributed by atoms with Crippen molar-refractivity contribution in [2.45, 2.75) is 38.3 Å². The molecule has 1 fully saturated rings. The molecule has 17 heavy (non-hydrogen) atoms. The Morgan fingerprint density at radius 3 is 2.71 bits per heavy atom. The minimum Gasteiger partial charge on any atom is -0.320 e. The van der Waals surface area contributed by atoms with E-state index in [9.17, 15) is 8.42 Å². The molecule has 0 amide bonds. The zero-order chi connectivity index (χ0) is 12.9. The summed E-state index contributed by atoms with van der Waals surface area (Å²) in [4.78, 5) is 2.27. The highest BCUT2D eigenvalue weighted by molar-refractivity contribution is 7.89. The summed E-state index contributed by atoms with van der Waals surface area (Å²) in [5.41, 5.74) is 0. The summed E-state index contributed by atoms with van der Waals surface area (Å²) < 4.78 is 26.4. The Balaban J connectivity index is 2.37. The average Bonchev–Trinajstić information content (AvgIpc) is 2.23. The number of likely N-dealkylation sites (tertiary alicyclic amines) is 1. The highest BCUT2D eigenvalue weighted by Crippen LogP contribution is 2.16. The maximum atomic E-state index is 11.8. The van der Waals surface area contributed by atoms with E-state index in [1.165, 1.54) is 0 Å². The molecule has 1 aliphatic rings. The van der Waals surface area contributed by atoms with E-state index in [1.54, 1.807) is 0 Å². The van der Waals surface area contributed by atoms with Gasteiger partial charge in [0.15, 0.2) is 0 Å². The number of sulfonamides is 1. The van der Waals surface area contributed by atoms with E-state index in [4.69, 9.17) is 0 Å². The lowest BCUT2D eigenvalue weighted by atomic mass is 10.0. The van der Waals surface area contributed by atoms with Crippen molar-refractivity contribution in [3.63, 3.8) is 0 Å². The number of hydrogen-bond acceptors (Lipinski definition) is 4. The molecule has 102 valence electrons. The van der Waals surface area contributed by atoms with Crippen LogP contribution in [-0.4, -0.2) is 58.3 Å². The maximum Gasteiger partial charge on any atom is 0.211 e. The summed E-state index contributed by atoms with van der Waals surface area (Å²) in [5, 5.41) is 2.96. The Hall–Kier alpha value is -0.170. The van der Waals surface area contributed by atoms with Crippen molar-refractivity contribution >= 4 is 10.0 Å². The van der Waals surface area contributed by atoms with Crippen molar-refractivity contribution in [1.82, 2.24) is 14.9 Å². The predicted octanol–water partition coefficient (Wildman–Crippen LogP) is -0.00200. The fourth-order valence-corrected chi connectivity index (χ4v) is 3.51. The van der Waals surface area contributed by atoms with Crippen LogP contribution in [0.5, 0.6) is 0 Å². The second kappa shape index (κ2) is 6.68. The highest BCUT2D eigenvalue weighted by atomic mass is 32.2. The second-order valence-corrected chi connectivity index (χ2v) is 6.82. The topological polar surface area (TPSA) is 61.4 Å². The first-order chi connectivity index (χ1) is 7.94. The Morgan fingerprint density at radius 2 is 2.12 bits per heavy atom. The molecule has 0 aromatic carbocycles. The quantitative estimate of drug-likeness (QED) is 0.662. The molecule has 0 radical (unpaired) electrons. The lowest BCUT2D eigenvalue weighted by Gasteiger charge is -2.35. The molecule has 2 N–H and O–H groups in total. The predicted molar refractivity (Wildman–Crippen MR) is 70.6 cm³/mol. The molecular formula is C11H25N3O2S. The molecule has 6 heteroatoms. The third-order valence-electron chi connectivity index (χ3n) is 3.39. The number of piperidine rings is 1. The second-order valence-electron chi connectivity index (χ2n) is 4.94. The van der Waals surface area contributed by atoms with Crippen molar-refractivity contribution in [2.75, 3.05) is 32.9 Å². The summed E-state index contributed by atoms with van der Waals surface area (Å²) in [6.45, 7) is 3.84. The fourth-order valence-electron chi connectivity index (χ4n) is 2.15. The molecule has 0 saturated carbocycles. The number of rotatable bonds is 6. The van der Waals surface area contributed by atoms with Gasteiger partial charge < -0.3 is 10.2 Å². The van der Waals surface area contributed by atoms with E-state index in [2.05, 4.69) is 28.9 Å². The molecule has 1 heterocycles. The van der Waals surface area contributed by atoms with Crippen LogP contribution in [0.4, 0.5) is 0 Å². The van der Waals surface area contributed by atoms with Crippen LogP contribution in [0.3, 0.4) is 0 Å². The van der Waals surface area contributed by atoms with E-state index in [0.717, 1.165) is 25.9 Å². The van der Waals surface area contributed by atoms with E-state index in [-0.39, 0.29) is 11.8 Å². The Kier molecular flexibility index (Phi) is 5.85. The monoisotopic (exact) mass is 263 g/mol. The first kappa shape index (κ1) is 14.9. The number of nitrogens with zero attached hydrogens (tertiary/aromatic N) is 1. The summed E-state index contributed by atoms with van der Waals surface area (Å²) in [6, 6.07) is 0.564. The van der Waals surface area contributed by atoms with Gasteiger partial charge in [-0.15, -0.1) is 0 Å². The van der Waals surface area contributed by atoms with Gasteiger partial charge >= 0.3 is 0 Å². The van der Waals surface area contributed by atoms with Crippen LogP contribution in [0, 0.1) is 0 Å². The van der Waals surface area contributed by atoms with E-state index >= 15 is 0 Å². The van der Waals surface area contributed by atoms with Gasteiger partial charge in [-0.25, -0.2) is 13.1 Å². The van der Waals surface area contributed by atoms with Gasteiger partial charge in [-0.05, 0) is 53.4 Å². The molecule has 2 atom stereocenters. The van der Waals surface area contributed by atoms with Crippen molar-refractivity contribution in [2.24, 2.45) is 0 Å². The van der Waals surface area contributed by atoms with Gasteiger partial charge in [-0.2, -0.15) is 0 Å². The zero-order valence-electron chi connectivity index (χ0n) is 11.1. The Bertz CT molecular complexity index is 319. The normalized spacial score (nSPS) is 27.2. The van der Waals surface area contributed by atoms with E-state index in [1.807, 2.05) is 7.05 Å². The van der Waals surface area contributed by atoms with Crippen molar-refractivity contribution in [3.05, 3.63) is 0 Å².